The van der Waals surface area contributed by atoms with Crippen LogP contribution in [0.25, 0.3) is 0 Å². The number of nitriles is 1. The average molecular weight is 447 g/mol. The summed E-state index contributed by atoms with van der Waals surface area (Å²) in [6.45, 7) is 6.21. The van der Waals surface area contributed by atoms with Crippen LogP contribution in [0.2, 0.25) is 0 Å². The molecule has 1 fully saturated rings. The van der Waals surface area contributed by atoms with Crippen molar-refractivity contribution in [3.63, 3.8) is 0 Å². The second-order valence-corrected chi connectivity index (χ2v) is 9.20. The van der Waals surface area contributed by atoms with Gasteiger partial charge in [-0.05, 0) is 62.9 Å². The van der Waals surface area contributed by atoms with Crippen LogP contribution < -0.4 is 10.2 Å². The van der Waals surface area contributed by atoms with E-state index in [1.807, 2.05) is 36.2 Å². The van der Waals surface area contributed by atoms with Crippen LogP contribution in [0.15, 0.2) is 30.6 Å². The fourth-order valence-electron chi connectivity index (χ4n) is 5.11. The monoisotopic (exact) mass is 446 g/mol. The van der Waals surface area contributed by atoms with Crippen molar-refractivity contribution in [2.45, 2.75) is 50.9 Å². The normalized spacial score (nSPS) is 18.6. The number of aromatic nitrogens is 2. The molecule has 1 aromatic heterocycles. The maximum absolute atomic E-state index is 13.6. The van der Waals surface area contributed by atoms with Gasteiger partial charge in [0.25, 0.3) is 0 Å². The number of nitrogens with zero attached hydrogens (tertiary/aromatic N) is 5. The third kappa shape index (κ3) is 5.17. The van der Waals surface area contributed by atoms with Gasteiger partial charge in [-0.1, -0.05) is 25.5 Å². The van der Waals surface area contributed by atoms with Gasteiger partial charge in [0.2, 0.25) is 5.91 Å². The molecule has 1 aromatic carbocycles. The van der Waals surface area contributed by atoms with Crippen molar-refractivity contribution in [2.24, 2.45) is 0 Å². The van der Waals surface area contributed by atoms with Crippen molar-refractivity contribution in [3.8, 4) is 6.07 Å². The van der Waals surface area contributed by atoms with Crippen LogP contribution in [0, 0.1) is 11.3 Å². The molecule has 2 aliphatic rings. The van der Waals surface area contributed by atoms with Crippen LogP contribution >= 0.6 is 0 Å². The first kappa shape index (κ1) is 23.2. The molecule has 1 saturated heterocycles. The van der Waals surface area contributed by atoms with Gasteiger partial charge in [-0.3, -0.25) is 4.79 Å². The van der Waals surface area contributed by atoms with Crippen LogP contribution in [0.5, 0.6) is 0 Å². The largest absolute Gasteiger partial charge is 0.353 e. The Kier molecular flexibility index (Phi) is 7.56. The predicted molar refractivity (Wildman–Crippen MR) is 129 cm³/mol. The minimum atomic E-state index is -0.163. The van der Waals surface area contributed by atoms with E-state index in [2.05, 4.69) is 33.2 Å². The molecular formula is C26H34N6O. The number of hydrogen-bond donors (Lipinski definition) is 1. The fraction of sp³-hybridized carbons (Fsp3) is 0.538. The van der Waals surface area contributed by atoms with Crippen molar-refractivity contribution in [1.82, 2.24) is 20.2 Å². The summed E-state index contributed by atoms with van der Waals surface area (Å²) in [6.07, 6.45) is 6.71. The summed E-state index contributed by atoms with van der Waals surface area (Å²) in [6, 6.07) is 9.69. The minimum Gasteiger partial charge on any atom is -0.353 e. The number of unbranched alkanes of at least 4 members (excludes halogenated alkanes) is 1. The maximum atomic E-state index is 13.6. The first-order valence-electron chi connectivity index (χ1n) is 12.1. The van der Waals surface area contributed by atoms with E-state index in [0.717, 1.165) is 63.1 Å². The molecule has 1 amide bonds. The number of rotatable bonds is 8. The highest BCUT2D eigenvalue weighted by molar-refractivity contribution is 5.84. The van der Waals surface area contributed by atoms with Crippen LogP contribution in [0.3, 0.4) is 0 Å². The zero-order valence-corrected chi connectivity index (χ0v) is 19.8. The number of aryl methyl sites for hydroxylation is 1. The SMILES string of the molecule is CNCCCC[C@@H](C(=O)N1CCN(c2ncnc3c2[C@H](C)CC3)CC1)c1ccc(C#N)cc1. The van der Waals surface area contributed by atoms with Gasteiger partial charge in [-0.2, -0.15) is 5.26 Å². The molecule has 1 aliphatic carbocycles. The van der Waals surface area contributed by atoms with E-state index in [0.29, 0.717) is 24.6 Å². The van der Waals surface area contributed by atoms with Crippen molar-refractivity contribution in [2.75, 3.05) is 44.7 Å². The zero-order valence-electron chi connectivity index (χ0n) is 19.8. The number of nitrogens with one attached hydrogen (secondary N) is 1. The number of fused-ring (bicyclic) bond motifs is 1. The van der Waals surface area contributed by atoms with Crippen molar-refractivity contribution >= 4 is 11.7 Å². The van der Waals surface area contributed by atoms with Gasteiger partial charge in [-0.15, -0.1) is 0 Å². The van der Waals surface area contributed by atoms with Gasteiger partial charge in [0.15, 0.2) is 0 Å². The van der Waals surface area contributed by atoms with Crippen LogP contribution in [-0.4, -0.2) is 60.5 Å². The van der Waals surface area contributed by atoms with E-state index in [4.69, 9.17) is 5.26 Å². The molecule has 1 aliphatic heterocycles. The third-order valence-electron chi connectivity index (χ3n) is 7.05. The summed E-state index contributed by atoms with van der Waals surface area (Å²) in [5, 5.41) is 12.3. The van der Waals surface area contributed by atoms with E-state index in [1.54, 1.807) is 6.33 Å². The number of benzene rings is 1. The van der Waals surface area contributed by atoms with Crippen LogP contribution in [0.1, 0.15) is 66.8 Å². The van der Waals surface area contributed by atoms with Crippen molar-refractivity contribution in [1.29, 1.82) is 5.26 Å². The van der Waals surface area contributed by atoms with E-state index < -0.39 is 0 Å². The molecule has 0 radical (unpaired) electrons. The van der Waals surface area contributed by atoms with Gasteiger partial charge in [0.1, 0.15) is 12.1 Å². The Balaban J connectivity index is 1.44. The maximum Gasteiger partial charge on any atom is 0.230 e. The summed E-state index contributed by atoms with van der Waals surface area (Å²) in [4.78, 5) is 27.1. The van der Waals surface area contributed by atoms with Crippen LogP contribution in [0.4, 0.5) is 5.82 Å². The van der Waals surface area contributed by atoms with E-state index in [9.17, 15) is 4.79 Å². The molecule has 33 heavy (non-hydrogen) atoms. The Morgan fingerprint density at radius 1 is 1.18 bits per heavy atom. The lowest BCUT2D eigenvalue weighted by Crippen LogP contribution is -2.50. The summed E-state index contributed by atoms with van der Waals surface area (Å²) < 4.78 is 0. The quantitative estimate of drug-likeness (QED) is 0.627. The van der Waals surface area contributed by atoms with Crippen molar-refractivity contribution < 1.29 is 4.79 Å². The number of anilines is 1. The Morgan fingerprint density at radius 2 is 1.94 bits per heavy atom. The molecule has 7 heteroatoms. The summed E-state index contributed by atoms with van der Waals surface area (Å²) in [5.74, 6) is 1.59. The number of carbonyl (C=O) groups excluding carboxylic acids is 1. The van der Waals surface area contributed by atoms with E-state index in [-0.39, 0.29) is 11.8 Å². The topological polar surface area (TPSA) is 85.2 Å². The van der Waals surface area contributed by atoms with Gasteiger partial charge < -0.3 is 15.1 Å². The first-order valence-corrected chi connectivity index (χ1v) is 12.1. The molecule has 174 valence electrons. The predicted octanol–water partition coefficient (Wildman–Crippen LogP) is 3.22. The smallest absolute Gasteiger partial charge is 0.230 e. The first-order chi connectivity index (χ1) is 16.1. The zero-order chi connectivity index (χ0) is 23.2. The molecule has 0 unspecified atom stereocenters. The molecule has 0 saturated carbocycles. The van der Waals surface area contributed by atoms with E-state index in [1.165, 1.54) is 11.3 Å². The molecule has 2 aromatic rings. The highest BCUT2D eigenvalue weighted by Gasteiger charge is 2.31. The second kappa shape index (κ2) is 10.8. The molecule has 0 bridgehead atoms. The lowest BCUT2D eigenvalue weighted by atomic mass is 9.91. The number of hydrogen-bond acceptors (Lipinski definition) is 6. The standard InChI is InChI=1S/C26H34N6O/c1-19-6-11-23-24(19)25(30-18-29-23)31-13-15-32(16-14-31)26(33)22(5-3-4-12-28-2)21-9-7-20(17-27)8-10-21/h7-10,18-19,22,28H,3-6,11-16H2,1-2H3/t19-,22-/m1/s1. The number of carbonyl (C=O) groups is 1. The van der Waals surface area contributed by atoms with Gasteiger partial charge in [0.05, 0.1) is 17.6 Å². The highest BCUT2D eigenvalue weighted by Crippen LogP contribution is 2.37. The molecule has 2 heterocycles. The molecule has 0 spiro atoms. The average Bonchev–Trinajstić information content (AvgIpc) is 3.25. The molecule has 7 nitrogen and oxygen atoms in total. The second-order valence-electron chi connectivity index (χ2n) is 9.20. The molecule has 4 rings (SSSR count). The van der Waals surface area contributed by atoms with Gasteiger partial charge in [0, 0.05) is 37.4 Å². The minimum absolute atomic E-state index is 0.163. The van der Waals surface area contributed by atoms with E-state index >= 15 is 0 Å². The Labute approximate surface area is 196 Å². The number of amides is 1. The van der Waals surface area contributed by atoms with Gasteiger partial charge >= 0.3 is 0 Å². The summed E-state index contributed by atoms with van der Waals surface area (Å²) in [5.41, 5.74) is 4.12. The summed E-state index contributed by atoms with van der Waals surface area (Å²) in [7, 11) is 1.95. The molecule has 2 atom stereocenters. The Hall–Kier alpha value is -2.98. The molecular weight excluding hydrogens is 412 g/mol. The Morgan fingerprint density at radius 3 is 2.64 bits per heavy atom. The highest BCUT2D eigenvalue weighted by atomic mass is 16.2. The van der Waals surface area contributed by atoms with Crippen molar-refractivity contribution in [3.05, 3.63) is 53.0 Å². The summed E-state index contributed by atoms with van der Waals surface area (Å²) >= 11 is 0. The fourth-order valence-corrected chi connectivity index (χ4v) is 5.11. The third-order valence-corrected chi connectivity index (χ3v) is 7.05. The number of piperazine rings is 1. The van der Waals surface area contributed by atoms with Crippen LogP contribution in [-0.2, 0) is 11.2 Å². The Bertz CT molecular complexity index is 991. The van der Waals surface area contributed by atoms with Gasteiger partial charge in [-0.25, -0.2) is 9.97 Å². The lowest BCUT2D eigenvalue weighted by molar-refractivity contribution is -0.133. The lowest BCUT2D eigenvalue weighted by Gasteiger charge is -2.38. The molecule has 1 N–H and O–H groups in total.